The first-order valence-corrected chi connectivity index (χ1v) is 6.34. The van der Waals surface area contributed by atoms with Crippen LogP contribution in [-0.2, 0) is 6.42 Å². The molecule has 0 saturated carbocycles. The Labute approximate surface area is 107 Å². The summed E-state index contributed by atoms with van der Waals surface area (Å²) >= 11 is 0. The smallest absolute Gasteiger partial charge is 0.168 e. The van der Waals surface area contributed by atoms with Crippen molar-refractivity contribution in [1.82, 2.24) is 5.32 Å². The Balaban J connectivity index is 2.21. The van der Waals surface area contributed by atoms with Gasteiger partial charge in [0.1, 0.15) is 0 Å². The van der Waals surface area contributed by atoms with Gasteiger partial charge in [-0.15, -0.1) is 0 Å². The lowest BCUT2D eigenvalue weighted by Gasteiger charge is -2.36. The maximum Gasteiger partial charge on any atom is 0.168 e. The Morgan fingerprint density at radius 1 is 1.50 bits per heavy atom. The van der Waals surface area contributed by atoms with E-state index in [1.54, 1.807) is 18.2 Å². The molecule has 18 heavy (non-hydrogen) atoms. The molecule has 1 fully saturated rings. The number of methoxy groups -OCH3 is 1. The zero-order valence-corrected chi connectivity index (χ0v) is 10.7. The zero-order chi connectivity index (χ0) is 13.0. The van der Waals surface area contributed by atoms with Gasteiger partial charge in [0.2, 0.25) is 0 Å². The van der Waals surface area contributed by atoms with Crippen molar-refractivity contribution in [1.29, 1.82) is 0 Å². The van der Waals surface area contributed by atoms with Gasteiger partial charge in [-0.05, 0) is 37.4 Å². The number of rotatable bonds is 4. The van der Waals surface area contributed by atoms with Crippen LogP contribution in [0.2, 0.25) is 0 Å². The molecule has 1 aromatic rings. The minimum absolute atomic E-state index is 0.0800. The topological polar surface area (TPSA) is 41.5 Å². The zero-order valence-electron chi connectivity index (χ0n) is 10.7. The van der Waals surface area contributed by atoms with E-state index in [2.05, 4.69) is 5.32 Å². The van der Waals surface area contributed by atoms with Crippen LogP contribution >= 0.6 is 0 Å². The van der Waals surface area contributed by atoms with Crippen LogP contribution in [0, 0.1) is 11.2 Å². The maximum atomic E-state index is 14.1. The molecule has 1 saturated heterocycles. The average Bonchev–Trinajstić information content (AvgIpc) is 2.42. The van der Waals surface area contributed by atoms with Crippen LogP contribution in [-0.4, -0.2) is 31.9 Å². The van der Waals surface area contributed by atoms with E-state index in [0.29, 0.717) is 12.0 Å². The number of ether oxygens (including phenoxy) is 1. The molecular formula is C14H20FNO2. The summed E-state index contributed by atoms with van der Waals surface area (Å²) in [6, 6.07) is 5.17. The Morgan fingerprint density at radius 2 is 2.33 bits per heavy atom. The highest BCUT2D eigenvalue weighted by atomic mass is 19.1. The van der Waals surface area contributed by atoms with Crippen LogP contribution in [0.5, 0.6) is 5.75 Å². The summed E-state index contributed by atoms with van der Waals surface area (Å²) in [5.41, 5.74) is 0.373. The van der Waals surface area contributed by atoms with Crippen LogP contribution in [0.1, 0.15) is 18.4 Å². The first-order valence-electron chi connectivity index (χ1n) is 6.34. The van der Waals surface area contributed by atoms with E-state index in [0.717, 1.165) is 25.9 Å². The molecule has 1 unspecified atom stereocenters. The predicted molar refractivity (Wildman–Crippen MR) is 68.3 cm³/mol. The van der Waals surface area contributed by atoms with Gasteiger partial charge in [-0.3, -0.25) is 0 Å². The molecular weight excluding hydrogens is 233 g/mol. The molecule has 1 heterocycles. The molecule has 4 heteroatoms. The molecule has 0 spiro atoms. The second-order valence-corrected chi connectivity index (χ2v) is 5.05. The van der Waals surface area contributed by atoms with Gasteiger partial charge in [-0.2, -0.15) is 0 Å². The second-order valence-electron chi connectivity index (χ2n) is 5.05. The molecule has 2 N–H and O–H groups in total. The highest BCUT2D eigenvalue weighted by Gasteiger charge is 2.32. The Kier molecular flexibility index (Phi) is 4.19. The monoisotopic (exact) mass is 253 g/mol. The van der Waals surface area contributed by atoms with Crippen molar-refractivity contribution in [3.8, 4) is 5.75 Å². The molecule has 1 atom stereocenters. The number of hydrogen-bond acceptors (Lipinski definition) is 3. The summed E-state index contributed by atoms with van der Waals surface area (Å²) in [4.78, 5) is 0. The molecule has 0 bridgehead atoms. The molecule has 100 valence electrons. The number of halogens is 1. The van der Waals surface area contributed by atoms with Gasteiger partial charge < -0.3 is 15.2 Å². The molecule has 0 aromatic heterocycles. The number of nitrogens with one attached hydrogen (secondary N) is 1. The Hall–Kier alpha value is -1.13. The Bertz CT molecular complexity index is 403. The highest BCUT2D eigenvalue weighted by Crippen LogP contribution is 2.32. The molecule has 2 rings (SSSR count). The summed E-state index contributed by atoms with van der Waals surface area (Å²) in [7, 11) is 1.46. The van der Waals surface area contributed by atoms with Gasteiger partial charge in [-0.25, -0.2) is 4.39 Å². The van der Waals surface area contributed by atoms with Crippen molar-refractivity contribution >= 4 is 0 Å². The number of aliphatic hydroxyl groups is 1. The lowest BCUT2D eigenvalue weighted by Crippen LogP contribution is -2.44. The summed E-state index contributed by atoms with van der Waals surface area (Å²) in [6.45, 7) is 1.79. The van der Waals surface area contributed by atoms with Gasteiger partial charge >= 0.3 is 0 Å². The lowest BCUT2D eigenvalue weighted by molar-refractivity contribution is 0.0938. The summed E-state index contributed by atoms with van der Waals surface area (Å²) in [6.07, 6.45) is 2.48. The quantitative estimate of drug-likeness (QED) is 0.859. The second kappa shape index (κ2) is 5.67. The lowest BCUT2D eigenvalue weighted by atomic mass is 9.76. The molecule has 3 nitrogen and oxygen atoms in total. The third-order valence-corrected chi connectivity index (χ3v) is 3.72. The van der Waals surface area contributed by atoms with E-state index in [9.17, 15) is 9.50 Å². The van der Waals surface area contributed by atoms with Crippen molar-refractivity contribution in [2.45, 2.75) is 19.3 Å². The third kappa shape index (κ3) is 2.65. The largest absolute Gasteiger partial charge is 0.494 e. The van der Waals surface area contributed by atoms with E-state index >= 15 is 0 Å². The molecule has 0 radical (unpaired) electrons. The summed E-state index contributed by atoms with van der Waals surface area (Å²) in [5, 5.41) is 12.9. The normalized spacial score (nSPS) is 23.9. The number of benzene rings is 1. The van der Waals surface area contributed by atoms with Gasteiger partial charge in [0.05, 0.1) is 13.7 Å². The third-order valence-electron chi connectivity index (χ3n) is 3.72. The molecule has 1 aliphatic heterocycles. The minimum Gasteiger partial charge on any atom is -0.494 e. The van der Waals surface area contributed by atoms with Crippen LogP contribution < -0.4 is 10.1 Å². The van der Waals surface area contributed by atoms with E-state index in [1.807, 2.05) is 0 Å². The van der Waals surface area contributed by atoms with E-state index in [-0.39, 0.29) is 23.6 Å². The predicted octanol–water partition coefficient (Wildman–Crippen LogP) is 1.74. The number of hydrogen-bond donors (Lipinski definition) is 2. The van der Waals surface area contributed by atoms with E-state index in [4.69, 9.17) is 4.74 Å². The average molecular weight is 253 g/mol. The van der Waals surface area contributed by atoms with Crippen molar-refractivity contribution in [2.75, 3.05) is 26.8 Å². The SMILES string of the molecule is COc1cccc(CC2(CO)CCCNC2)c1F. The number of piperidine rings is 1. The molecule has 0 aliphatic carbocycles. The summed E-state index contributed by atoms with van der Waals surface area (Å²) < 4.78 is 19.1. The van der Waals surface area contributed by atoms with Gasteiger partial charge in [0.25, 0.3) is 0 Å². The fourth-order valence-corrected chi connectivity index (χ4v) is 2.63. The summed E-state index contributed by atoms with van der Waals surface area (Å²) in [5.74, 6) is -0.0391. The number of aliphatic hydroxyl groups excluding tert-OH is 1. The fraction of sp³-hybridized carbons (Fsp3) is 0.571. The van der Waals surface area contributed by atoms with Gasteiger partial charge in [0, 0.05) is 12.0 Å². The van der Waals surface area contributed by atoms with Gasteiger partial charge in [0.15, 0.2) is 11.6 Å². The van der Waals surface area contributed by atoms with Crippen LogP contribution in [0.25, 0.3) is 0 Å². The molecule has 1 aromatic carbocycles. The van der Waals surface area contributed by atoms with Crippen LogP contribution in [0.15, 0.2) is 18.2 Å². The highest BCUT2D eigenvalue weighted by molar-refractivity contribution is 5.32. The molecule has 1 aliphatic rings. The van der Waals surface area contributed by atoms with Crippen molar-refractivity contribution in [3.05, 3.63) is 29.6 Å². The van der Waals surface area contributed by atoms with E-state index in [1.165, 1.54) is 7.11 Å². The van der Waals surface area contributed by atoms with Crippen LogP contribution in [0.3, 0.4) is 0 Å². The van der Waals surface area contributed by atoms with Crippen molar-refractivity contribution < 1.29 is 14.2 Å². The standard InChI is InChI=1S/C14H20FNO2/c1-18-12-5-2-4-11(13(12)15)8-14(10-17)6-3-7-16-9-14/h2,4-5,16-17H,3,6-10H2,1H3. The fourth-order valence-electron chi connectivity index (χ4n) is 2.63. The van der Waals surface area contributed by atoms with Crippen LogP contribution in [0.4, 0.5) is 4.39 Å². The van der Waals surface area contributed by atoms with Crippen molar-refractivity contribution in [3.63, 3.8) is 0 Å². The van der Waals surface area contributed by atoms with E-state index < -0.39 is 0 Å². The maximum absolute atomic E-state index is 14.1. The van der Waals surface area contributed by atoms with Crippen molar-refractivity contribution in [2.24, 2.45) is 5.41 Å². The van der Waals surface area contributed by atoms with Gasteiger partial charge in [-0.1, -0.05) is 12.1 Å². The molecule has 0 amide bonds. The first kappa shape index (κ1) is 13.3. The minimum atomic E-state index is -0.307. The first-order chi connectivity index (χ1) is 8.71. The Morgan fingerprint density at radius 3 is 2.94 bits per heavy atom.